The van der Waals surface area contributed by atoms with E-state index in [1.54, 1.807) is 10.8 Å². The van der Waals surface area contributed by atoms with Crippen molar-refractivity contribution in [3.8, 4) is 0 Å². The summed E-state index contributed by atoms with van der Waals surface area (Å²) in [4.78, 5) is 0. The van der Waals surface area contributed by atoms with Crippen molar-refractivity contribution in [3.63, 3.8) is 0 Å². The summed E-state index contributed by atoms with van der Waals surface area (Å²) >= 11 is 0. The second-order valence-electron chi connectivity index (χ2n) is 4.73. The lowest BCUT2D eigenvalue weighted by Gasteiger charge is -2.17. The molecule has 0 fully saturated rings. The lowest BCUT2D eigenvalue weighted by atomic mass is 9.89. The van der Waals surface area contributed by atoms with E-state index in [0.717, 1.165) is 12.1 Å². The fourth-order valence-corrected chi connectivity index (χ4v) is 1.47. The average molecular weight is 190 g/mol. The highest BCUT2D eigenvalue weighted by atomic mass is 15.3. The minimum atomic E-state index is 0.278. The molecule has 0 bridgehead atoms. The normalized spacial score (nSPS) is 12.2. The van der Waals surface area contributed by atoms with Crippen molar-refractivity contribution >= 4 is 5.65 Å². The molecule has 4 nitrogen and oxygen atoms in total. The molecule has 2 rings (SSSR count). The molecular weight excluding hydrogens is 176 g/mol. The maximum Gasteiger partial charge on any atom is 0.177 e. The summed E-state index contributed by atoms with van der Waals surface area (Å²) in [5, 5.41) is 12.0. The Morgan fingerprint density at radius 1 is 1.36 bits per heavy atom. The van der Waals surface area contributed by atoms with Crippen LogP contribution in [0.4, 0.5) is 0 Å². The van der Waals surface area contributed by atoms with Gasteiger partial charge in [-0.15, -0.1) is 10.2 Å². The fourth-order valence-electron chi connectivity index (χ4n) is 1.47. The Bertz CT molecular complexity index is 439. The highest BCUT2D eigenvalue weighted by Gasteiger charge is 2.12. The van der Waals surface area contributed by atoms with Crippen LogP contribution >= 0.6 is 0 Å². The van der Waals surface area contributed by atoms with Crippen LogP contribution in [0.5, 0.6) is 0 Å². The highest BCUT2D eigenvalue weighted by molar-refractivity contribution is 5.37. The summed E-state index contributed by atoms with van der Waals surface area (Å²) in [7, 11) is 0. The van der Waals surface area contributed by atoms with E-state index in [4.69, 9.17) is 0 Å². The Balaban J connectivity index is 2.35. The number of nitrogens with zero attached hydrogens (tertiary/aromatic N) is 4. The summed E-state index contributed by atoms with van der Waals surface area (Å²) in [6.45, 7) is 6.63. The molecule has 0 radical (unpaired) electrons. The van der Waals surface area contributed by atoms with Crippen molar-refractivity contribution in [2.45, 2.75) is 27.2 Å². The molecule has 0 aliphatic rings. The van der Waals surface area contributed by atoms with E-state index in [9.17, 15) is 0 Å². The van der Waals surface area contributed by atoms with E-state index in [0.29, 0.717) is 0 Å². The Morgan fingerprint density at radius 2 is 2.14 bits per heavy atom. The van der Waals surface area contributed by atoms with Crippen LogP contribution in [0.1, 0.15) is 26.3 Å². The number of hydrogen-bond donors (Lipinski definition) is 0. The molecule has 0 saturated carbocycles. The van der Waals surface area contributed by atoms with E-state index in [2.05, 4.69) is 36.1 Å². The van der Waals surface area contributed by atoms with Gasteiger partial charge in [-0.25, -0.2) is 4.52 Å². The summed E-state index contributed by atoms with van der Waals surface area (Å²) in [5.74, 6) is 0. The first kappa shape index (κ1) is 9.12. The zero-order valence-electron chi connectivity index (χ0n) is 8.73. The molecule has 0 aliphatic heterocycles. The van der Waals surface area contributed by atoms with Gasteiger partial charge in [0.1, 0.15) is 6.33 Å². The van der Waals surface area contributed by atoms with Gasteiger partial charge in [0.25, 0.3) is 0 Å². The second-order valence-corrected chi connectivity index (χ2v) is 4.73. The zero-order chi connectivity index (χ0) is 10.2. The maximum absolute atomic E-state index is 4.22. The third-order valence-electron chi connectivity index (χ3n) is 1.95. The quantitative estimate of drug-likeness (QED) is 0.687. The molecule has 0 aliphatic carbocycles. The van der Waals surface area contributed by atoms with Gasteiger partial charge in [-0.1, -0.05) is 20.8 Å². The minimum Gasteiger partial charge on any atom is -0.201 e. The lowest BCUT2D eigenvalue weighted by Crippen LogP contribution is -2.09. The number of fused-ring (bicyclic) bond motifs is 1. The Kier molecular flexibility index (Phi) is 1.98. The van der Waals surface area contributed by atoms with E-state index in [1.807, 2.05) is 12.3 Å². The molecule has 0 saturated heterocycles. The average Bonchev–Trinajstić information content (AvgIpc) is 2.47. The van der Waals surface area contributed by atoms with Crippen LogP contribution in [0.15, 0.2) is 18.6 Å². The first-order valence-electron chi connectivity index (χ1n) is 4.69. The van der Waals surface area contributed by atoms with Crippen molar-refractivity contribution in [3.05, 3.63) is 24.2 Å². The smallest absolute Gasteiger partial charge is 0.177 e. The molecule has 0 spiro atoms. The van der Waals surface area contributed by atoms with Crippen LogP contribution in [-0.4, -0.2) is 19.8 Å². The maximum atomic E-state index is 4.22. The molecule has 0 atom stereocenters. The van der Waals surface area contributed by atoms with Crippen LogP contribution in [-0.2, 0) is 6.42 Å². The molecule has 2 aromatic heterocycles. The summed E-state index contributed by atoms with van der Waals surface area (Å²) in [6.07, 6.45) is 4.49. The second kappa shape index (κ2) is 3.04. The fraction of sp³-hybridized carbons (Fsp3) is 0.500. The summed E-state index contributed by atoms with van der Waals surface area (Å²) in [6, 6.07) is 2.03. The van der Waals surface area contributed by atoms with Crippen molar-refractivity contribution in [1.82, 2.24) is 19.8 Å². The first-order valence-corrected chi connectivity index (χ1v) is 4.69. The van der Waals surface area contributed by atoms with Gasteiger partial charge in [-0.05, 0) is 23.5 Å². The van der Waals surface area contributed by atoms with Crippen LogP contribution in [0, 0.1) is 5.41 Å². The Morgan fingerprint density at radius 3 is 2.86 bits per heavy atom. The summed E-state index contributed by atoms with van der Waals surface area (Å²) < 4.78 is 1.67. The minimum absolute atomic E-state index is 0.278. The molecule has 2 aromatic rings. The van der Waals surface area contributed by atoms with Crippen LogP contribution in [0.3, 0.4) is 0 Å². The van der Waals surface area contributed by atoms with Gasteiger partial charge in [0, 0.05) is 0 Å². The first-order chi connectivity index (χ1) is 6.54. The predicted octanol–water partition coefficient (Wildman–Crippen LogP) is 1.71. The number of aromatic nitrogens is 4. The molecule has 14 heavy (non-hydrogen) atoms. The molecule has 74 valence electrons. The van der Waals surface area contributed by atoms with Crippen molar-refractivity contribution in [2.24, 2.45) is 5.41 Å². The van der Waals surface area contributed by atoms with Gasteiger partial charge in [-0.3, -0.25) is 0 Å². The van der Waals surface area contributed by atoms with Crippen LogP contribution < -0.4 is 0 Å². The van der Waals surface area contributed by atoms with Gasteiger partial charge in [0.15, 0.2) is 5.65 Å². The zero-order valence-corrected chi connectivity index (χ0v) is 8.73. The van der Waals surface area contributed by atoms with E-state index in [1.165, 1.54) is 5.56 Å². The number of hydrogen-bond acceptors (Lipinski definition) is 3. The largest absolute Gasteiger partial charge is 0.201 e. The summed E-state index contributed by atoms with van der Waals surface area (Å²) in [5.41, 5.74) is 2.30. The monoisotopic (exact) mass is 190 g/mol. The van der Waals surface area contributed by atoms with Gasteiger partial charge in [0.2, 0.25) is 0 Å². The van der Waals surface area contributed by atoms with E-state index in [-0.39, 0.29) is 5.41 Å². The molecule has 4 heteroatoms. The van der Waals surface area contributed by atoms with E-state index >= 15 is 0 Å². The molecule has 0 N–H and O–H groups in total. The van der Waals surface area contributed by atoms with Crippen molar-refractivity contribution in [2.75, 3.05) is 0 Å². The standard InChI is InChI=1S/C10H14N4/c1-10(2,3)5-8-4-9-13-11-7-14(9)12-6-8/h4,6-7H,5H2,1-3H3. The molecule has 0 amide bonds. The SMILES string of the molecule is CC(C)(C)Cc1cnn2cnnc2c1. The van der Waals surface area contributed by atoms with Gasteiger partial charge < -0.3 is 0 Å². The Labute approximate surface area is 83.0 Å². The molecule has 0 aromatic carbocycles. The van der Waals surface area contributed by atoms with Gasteiger partial charge >= 0.3 is 0 Å². The highest BCUT2D eigenvalue weighted by Crippen LogP contribution is 2.20. The van der Waals surface area contributed by atoms with Crippen LogP contribution in [0.25, 0.3) is 5.65 Å². The van der Waals surface area contributed by atoms with Gasteiger partial charge in [-0.2, -0.15) is 5.10 Å². The third-order valence-corrected chi connectivity index (χ3v) is 1.95. The molecule has 0 unspecified atom stereocenters. The Hall–Kier alpha value is -1.45. The molecule has 2 heterocycles. The molecular formula is C10H14N4. The lowest BCUT2D eigenvalue weighted by molar-refractivity contribution is 0.410. The number of rotatable bonds is 1. The van der Waals surface area contributed by atoms with Crippen LogP contribution in [0.2, 0.25) is 0 Å². The van der Waals surface area contributed by atoms with Gasteiger partial charge in [0.05, 0.1) is 6.20 Å². The third kappa shape index (κ3) is 1.89. The van der Waals surface area contributed by atoms with E-state index < -0.39 is 0 Å². The van der Waals surface area contributed by atoms with Crippen molar-refractivity contribution in [1.29, 1.82) is 0 Å². The predicted molar refractivity (Wildman–Crippen MR) is 53.9 cm³/mol. The topological polar surface area (TPSA) is 43.1 Å². The van der Waals surface area contributed by atoms with Crippen molar-refractivity contribution < 1.29 is 0 Å².